The summed E-state index contributed by atoms with van der Waals surface area (Å²) in [6.45, 7) is 5.47. The number of aryl methyl sites for hydroxylation is 1. The summed E-state index contributed by atoms with van der Waals surface area (Å²) < 4.78 is 24.4. The molecule has 0 N–H and O–H groups in total. The summed E-state index contributed by atoms with van der Waals surface area (Å²) in [5, 5.41) is 0.468. The van der Waals surface area contributed by atoms with E-state index in [2.05, 4.69) is 6.58 Å². The Balaban J connectivity index is 2.56. The second-order valence-corrected chi connectivity index (χ2v) is 7.23. The first kappa shape index (κ1) is 16.3. The maximum absolute atomic E-state index is 12.2. The molecule has 1 aromatic rings. The van der Waals surface area contributed by atoms with E-state index in [1.54, 1.807) is 25.1 Å². The van der Waals surface area contributed by atoms with Gasteiger partial charge in [-0.15, -0.1) is 6.58 Å². The minimum absolute atomic E-state index is 0.197. The zero-order valence-electron chi connectivity index (χ0n) is 11.4. The molecule has 0 aliphatic heterocycles. The van der Waals surface area contributed by atoms with Crippen molar-refractivity contribution in [3.05, 3.63) is 41.4 Å². The molecule has 0 spiro atoms. The van der Waals surface area contributed by atoms with Gasteiger partial charge in [0.15, 0.2) is 9.84 Å². The van der Waals surface area contributed by atoms with Crippen LogP contribution in [0.3, 0.4) is 0 Å². The van der Waals surface area contributed by atoms with Crippen molar-refractivity contribution in [1.82, 2.24) is 0 Å². The van der Waals surface area contributed by atoms with Crippen LogP contribution >= 0.6 is 11.6 Å². The predicted octanol–water partition coefficient (Wildman–Crippen LogP) is 4.56. The first-order valence-electron chi connectivity index (χ1n) is 6.57. The number of hydrogen-bond acceptors (Lipinski definition) is 2. The molecule has 0 heterocycles. The van der Waals surface area contributed by atoms with Crippen molar-refractivity contribution in [2.24, 2.45) is 0 Å². The molecule has 0 aliphatic rings. The highest BCUT2D eigenvalue weighted by Gasteiger charge is 2.16. The second kappa shape index (κ2) is 7.71. The van der Waals surface area contributed by atoms with E-state index in [0.29, 0.717) is 16.3 Å². The number of sulfone groups is 1. The monoisotopic (exact) mass is 300 g/mol. The molecule has 19 heavy (non-hydrogen) atoms. The molecule has 106 valence electrons. The zero-order valence-corrected chi connectivity index (χ0v) is 12.9. The Kier molecular flexibility index (Phi) is 6.59. The van der Waals surface area contributed by atoms with Crippen LogP contribution in [0.15, 0.2) is 35.7 Å². The van der Waals surface area contributed by atoms with E-state index in [9.17, 15) is 8.42 Å². The van der Waals surface area contributed by atoms with Gasteiger partial charge in [-0.25, -0.2) is 8.42 Å². The standard InChI is InChI=1S/C15H21ClO2S/c1-3-4-5-6-7-8-11-19(17,18)15-12-14(16)10-9-13(15)2/h3,9-10,12H,1,4-8,11H2,2H3. The minimum atomic E-state index is -3.21. The molecular formula is C15H21ClO2S. The summed E-state index contributed by atoms with van der Waals surface area (Å²) in [4.78, 5) is 0.367. The number of halogens is 1. The Labute approximate surface area is 121 Å². The molecule has 0 unspecified atom stereocenters. The lowest BCUT2D eigenvalue weighted by Gasteiger charge is -2.08. The fourth-order valence-corrected chi connectivity index (χ4v) is 3.86. The van der Waals surface area contributed by atoms with Crippen LogP contribution in [0.5, 0.6) is 0 Å². The minimum Gasteiger partial charge on any atom is -0.224 e. The summed E-state index contributed by atoms with van der Waals surface area (Å²) in [5.41, 5.74) is 0.760. The van der Waals surface area contributed by atoms with Gasteiger partial charge < -0.3 is 0 Å². The molecule has 0 atom stereocenters. The number of hydrogen-bond donors (Lipinski definition) is 0. The van der Waals surface area contributed by atoms with Crippen LogP contribution in [0.1, 0.15) is 37.7 Å². The Morgan fingerprint density at radius 3 is 2.58 bits per heavy atom. The maximum atomic E-state index is 12.2. The number of rotatable bonds is 8. The Morgan fingerprint density at radius 2 is 1.89 bits per heavy atom. The quantitative estimate of drug-likeness (QED) is 0.521. The summed E-state index contributed by atoms with van der Waals surface area (Å²) >= 11 is 5.87. The van der Waals surface area contributed by atoms with E-state index in [0.717, 1.165) is 31.2 Å². The molecule has 0 saturated carbocycles. The fourth-order valence-electron chi connectivity index (χ4n) is 1.95. The largest absolute Gasteiger partial charge is 0.224 e. The Morgan fingerprint density at radius 1 is 1.21 bits per heavy atom. The molecule has 0 aromatic heterocycles. The average Bonchev–Trinajstić information content (AvgIpc) is 2.36. The second-order valence-electron chi connectivity index (χ2n) is 4.72. The van der Waals surface area contributed by atoms with Crippen LogP contribution in [-0.2, 0) is 9.84 Å². The van der Waals surface area contributed by atoms with Crippen molar-refractivity contribution in [3.8, 4) is 0 Å². The topological polar surface area (TPSA) is 34.1 Å². The average molecular weight is 301 g/mol. The van der Waals surface area contributed by atoms with Crippen molar-refractivity contribution in [2.45, 2.75) is 43.9 Å². The molecule has 0 saturated heterocycles. The SMILES string of the molecule is C=CCCCCCCS(=O)(=O)c1cc(Cl)ccc1C. The van der Waals surface area contributed by atoms with Gasteiger partial charge in [0, 0.05) is 5.02 Å². The van der Waals surface area contributed by atoms with Gasteiger partial charge in [0.25, 0.3) is 0 Å². The third-order valence-electron chi connectivity index (χ3n) is 3.06. The van der Waals surface area contributed by atoms with Crippen LogP contribution in [0.2, 0.25) is 5.02 Å². The first-order valence-corrected chi connectivity index (χ1v) is 8.60. The van der Waals surface area contributed by atoms with E-state index in [1.807, 2.05) is 6.08 Å². The van der Waals surface area contributed by atoms with E-state index < -0.39 is 9.84 Å². The smallest absolute Gasteiger partial charge is 0.178 e. The molecule has 0 fully saturated rings. The van der Waals surface area contributed by atoms with Crippen LogP contribution in [-0.4, -0.2) is 14.2 Å². The highest BCUT2D eigenvalue weighted by Crippen LogP contribution is 2.22. The van der Waals surface area contributed by atoms with Gasteiger partial charge in [-0.2, -0.15) is 0 Å². The van der Waals surface area contributed by atoms with Gasteiger partial charge in [-0.3, -0.25) is 0 Å². The van der Waals surface area contributed by atoms with Gasteiger partial charge >= 0.3 is 0 Å². The van der Waals surface area contributed by atoms with Gasteiger partial charge in [0.1, 0.15) is 0 Å². The van der Waals surface area contributed by atoms with Gasteiger partial charge in [-0.05, 0) is 43.9 Å². The Hall–Kier alpha value is -0.800. The number of unbranched alkanes of at least 4 members (excludes halogenated alkanes) is 4. The van der Waals surface area contributed by atoms with Crippen molar-refractivity contribution >= 4 is 21.4 Å². The summed E-state index contributed by atoms with van der Waals surface area (Å²) in [6, 6.07) is 5.01. The highest BCUT2D eigenvalue weighted by molar-refractivity contribution is 7.91. The molecule has 4 heteroatoms. The third-order valence-corrected chi connectivity index (χ3v) is 5.23. The third kappa shape index (κ3) is 5.37. The van der Waals surface area contributed by atoms with E-state index in [-0.39, 0.29) is 5.75 Å². The molecule has 1 aromatic carbocycles. The fraction of sp³-hybridized carbons (Fsp3) is 0.467. The molecular weight excluding hydrogens is 280 g/mol. The molecule has 2 nitrogen and oxygen atoms in total. The zero-order chi connectivity index (χ0) is 14.3. The van der Waals surface area contributed by atoms with E-state index in [4.69, 9.17) is 11.6 Å². The van der Waals surface area contributed by atoms with Crippen molar-refractivity contribution in [1.29, 1.82) is 0 Å². The van der Waals surface area contributed by atoms with Crippen molar-refractivity contribution < 1.29 is 8.42 Å². The lowest BCUT2D eigenvalue weighted by Crippen LogP contribution is -2.08. The van der Waals surface area contributed by atoms with Gasteiger partial charge in [0.2, 0.25) is 0 Å². The van der Waals surface area contributed by atoms with Crippen LogP contribution in [0.4, 0.5) is 0 Å². The predicted molar refractivity (Wildman–Crippen MR) is 81.5 cm³/mol. The van der Waals surface area contributed by atoms with Crippen molar-refractivity contribution in [2.75, 3.05) is 5.75 Å². The van der Waals surface area contributed by atoms with Crippen LogP contribution in [0.25, 0.3) is 0 Å². The number of allylic oxidation sites excluding steroid dienone is 1. The molecule has 0 amide bonds. The first-order chi connectivity index (χ1) is 8.97. The van der Waals surface area contributed by atoms with E-state index in [1.165, 1.54) is 0 Å². The maximum Gasteiger partial charge on any atom is 0.178 e. The highest BCUT2D eigenvalue weighted by atomic mass is 35.5. The van der Waals surface area contributed by atoms with E-state index >= 15 is 0 Å². The van der Waals surface area contributed by atoms with Gasteiger partial charge in [0.05, 0.1) is 10.6 Å². The van der Waals surface area contributed by atoms with Gasteiger partial charge in [-0.1, -0.05) is 36.6 Å². The Bertz CT molecular complexity index is 521. The molecule has 0 aliphatic carbocycles. The summed E-state index contributed by atoms with van der Waals surface area (Å²) in [5.74, 6) is 0.197. The summed E-state index contributed by atoms with van der Waals surface area (Å²) in [6.07, 6.45) is 6.67. The lowest BCUT2D eigenvalue weighted by atomic mass is 10.2. The molecule has 0 radical (unpaired) electrons. The normalized spacial score (nSPS) is 11.5. The molecule has 1 rings (SSSR count). The lowest BCUT2D eigenvalue weighted by molar-refractivity contribution is 0.587. The summed E-state index contributed by atoms with van der Waals surface area (Å²) in [7, 11) is -3.21. The van der Waals surface area contributed by atoms with Crippen LogP contribution in [0, 0.1) is 6.92 Å². The van der Waals surface area contributed by atoms with Crippen molar-refractivity contribution in [3.63, 3.8) is 0 Å². The van der Waals surface area contributed by atoms with Crippen LogP contribution < -0.4 is 0 Å². The molecule has 0 bridgehead atoms. The number of benzene rings is 1.